The fourth-order valence-electron chi connectivity index (χ4n) is 2.79. The molecule has 1 atom stereocenters. The summed E-state index contributed by atoms with van der Waals surface area (Å²) in [6.07, 6.45) is 2.56. The van der Waals surface area contributed by atoms with E-state index in [0.717, 1.165) is 31.9 Å². The molecular weight excluding hydrogens is 238 g/mol. The molecule has 1 aromatic rings. The number of nitrogens with zero attached hydrogens (tertiary/aromatic N) is 2. The van der Waals surface area contributed by atoms with E-state index in [9.17, 15) is 0 Å². The van der Waals surface area contributed by atoms with Gasteiger partial charge in [0.25, 0.3) is 0 Å². The third-order valence-corrected chi connectivity index (χ3v) is 3.61. The molecule has 4 heteroatoms. The van der Waals surface area contributed by atoms with Crippen LogP contribution in [0.25, 0.3) is 0 Å². The molecule has 0 radical (unpaired) electrons. The van der Waals surface area contributed by atoms with E-state index in [4.69, 9.17) is 9.72 Å². The Morgan fingerprint density at radius 2 is 2.26 bits per heavy atom. The van der Waals surface area contributed by atoms with E-state index in [1.54, 1.807) is 7.11 Å². The summed E-state index contributed by atoms with van der Waals surface area (Å²) in [4.78, 5) is 7.19. The lowest BCUT2D eigenvalue weighted by molar-refractivity contribution is 0.0868. The highest BCUT2D eigenvalue weighted by molar-refractivity contribution is 5.11. The molecule has 1 N–H and O–H groups in total. The van der Waals surface area contributed by atoms with Crippen LogP contribution in [0.5, 0.6) is 0 Å². The number of rotatable bonds is 6. The highest BCUT2D eigenvalue weighted by Crippen LogP contribution is 2.18. The summed E-state index contributed by atoms with van der Waals surface area (Å²) < 4.78 is 5.28. The van der Waals surface area contributed by atoms with Gasteiger partial charge in [-0.25, -0.2) is 0 Å². The third kappa shape index (κ3) is 4.56. The summed E-state index contributed by atoms with van der Waals surface area (Å²) in [5.41, 5.74) is 2.29. The molecule has 0 bridgehead atoms. The molecule has 0 aliphatic carbocycles. The Hall–Kier alpha value is -0.970. The highest BCUT2D eigenvalue weighted by Gasteiger charge is 2.20. The first kappa shape index (κ1) is 14.4. The van der Waals surface area contributed by atoms with Crippen molar-refractivity contribution in [3.63, 3.8) is 0 Å². The first-order valence-electron chi connectivity index (χ1n) is 7.12. The largest absolute Gasteiger partial charge is 0.384 e. The summed E-state index contributed by atoms with van der Waals surface area (Å²) >= 11 is 0. The van der Waals surface area contributed by atoms with Gasteiger partial charge < -0.3 is 10.1 Å². The van der Waals surface area contributed by atoms with Gasteiger partial charge in [0.2, 0.25) is 0 Å². The number of hydrogen-bond donors (Lipinski definition) is 1. The Bertz CT molecular complexity index is 381. The Morgan fingerprint density at radius 3 is 3.05 bits per heavy atom. The molecule has 2 heterocycles. The van der Waals surface area contributed by atoms with Crippen LogP contribution in [0.2, 0.25) is 0 Å². The number of ether oxygens (including phenoxy) is 1. The zero-order valence-corrected chi connectivity index (χ0v) is 12.1. The van der Waals surface area contributed by atoms with Gasteiger partial charge in [0.05, 0.1) is 18.0 Å². The van der Waals surface area contributed by atoms with Gasteiger partial charge in [-0.05, 0) is 44.5 Å². The van der Waals surface area contributed by atoms with Gasteiger partial charge in [0, 0.05) is 26.7 Å². The molecule has 1 aromatic heterocycles. The first-order chi connectivity index (χ1) is 9.31. The molecule has 2 rings (SSSR count). The summed E-state index contributed by atoms with van der Waals surface area (Å²) in [5.74, 6) is 0.680. The molecule has 0 spiro atoms. The van der Waals surface area contributed by atoms with Gasteiger partial charge in [-0.2, -0.15) is 0 Å². The second-order valence-corrected chi connectivity index (χ2v) is 5.35. The van der Waals surface area contributed by atoms with Crippen LogP contribution in [0.15, 0.2) is 18.2 Å². The van der Waals surface area contributed by atoms with Crippen molar-refractivity contribution in [3.8, 4) is 0 Å². The van der Waals surface area contributed by atoms with E-state index in [1.807, 2.05) is 7.05 Å². The molecule has 1 aliphatic heterocycles. The fraction of sp³-hybridized carbons (Fsp3) is 0.667. The minimum Gasteiger partial charge on any atom is -0.384 e. The number of likely N-dealkylation sites (tertiary alicyclic amines) is 1. The average molecular weight is 263 g/mol. The molecule has 0 amide bonds. The minimum absolute atomic E-state index is 0.680. The Labute approximate surface area is 116 Å². The van der Waals surface area contributed by atoms with Crippen molar-refractivity contribution in [1.29, 1.82) is 0 Å². The summed E-state index contributed by atoms with van der Waals surface area (Å²) in [7, 11) is 3.75. The van der Waals surface area contributed by atoms with Crippen LogP contribution in [-0.4, -0.2) is 43.7 Å². The predicted octanol–water partition coefficient (Wildman–Crippen LogP) is 1.66. The van der Waals surface area contributed by atoms with E-state index in [0.29, 0.717) is 5.92 Å². The monoisotopic (exact) mass is 263 g/mol. The van der Waals surface area contributed by atoms with Crippen LogP contribution in [0.4, 0.5) is 0 Å². The molecule has 1 aliphatic rings. The molecule has 4 nitrogen and oxygen atoms in total. The van der Waals surface area contributed by atoms with Crippen molar-refractivity contribution >= 4 is 0 Å². The Morgan fingerprint density at radius 1 is 1.42 bits per heavy atom. The van der Waals surface area contributed by atoms with Gasteiger partial charge in [-0.1, -0.05) is 6.07 Å². The van der Waals surface area contributed by atoms with E-state index in [2.05, 4.69) is 28.4 Å². The van der Waals surface area contributed by atoms with E-state index in [-0.39, 0.29) is 0 Å². The van der Waals surface area contributed by atoms with E-state index >= 15 is 0 Å². The number of nitrogens with one attached hydrogen (secondary N) is 1. The average Bonchev–Trinajstić information content (AvgIpc) is 2.40. The third-order valence-electron chi connectivity index (χ3n) is 3.61. The summed E-state index contributed by atoms with van der Waals surface area (Å²) in [6, 6.07) is 6.30. The number of pyridine rings is 1. The van der Waals surface area contributed by atoms with Crippen LogP contribution in [0, 0.1) is 5.92 Å². The quantitative estimate of drug-likeness (QED) is 0.847. The Kier molecular flexibility index (Phi) is 5.76. The minimum atomic E-state index is 0.680. The fourth-order valence-corrected chi connectivity index (χ4v) is 2.79. The SMILES string of the molecule is CNCc1cccc(CN2CCCC(COC)C2)n1. The maximum atomic E-state index is 5.28. The maximum Gasteiger partial charge on any atom is 0.0547 e. The number of hydrogen-bond acceptors (Lipinski definition) is 4. The topological polar surface area (TPSA) is 37.4 Å². The van der Waals surface area contributed by atoms with Crippen molar-refractivity contribution in [1.82, 2.24) is 15.2 Å². The molecule has 106 valence electrons. The second kappa shape index (κ2) is 7.58. The van der Waals surface area contributed by atoms with Crippen molar-refractivity contribution in [2.45, 2.75) is 25.9 Å². The number of methoxy groups -OCH3 is 1. The molecule has 1 fully saturated rings. The molecule has 0 saturated carbocycles. The van der Waals surface area contributed by atoms with Crippen LogP contribution in [0.1, 0.15) is 24.2 Å². The summed E-state index contributed by atoms with van der Waals surface area (Å²) in [6.45, 7) is 4.98. The molecule has 1 saturated heterocycles. The van der Waals surface area contributed by atoms with Crippen LogP contribution in [-0.2, 0) is 17.8 Å². The summed E-state index contributed by atoms with van der Waals surface area (Å²) in [5, 5.41) is 3.15. The molecule has 0 aromatic carbocycles. The van der Waals surface area contributed by atoms with Gasteiger partial charge in [-0.15, -0.1) is 0 Å². The Balaban J connectivity index is 1.90. The molecule has 1 unspecified atom stereocenters. The second-order valence-electron chi connectivity index (χ2n) is 5.35. The van der Waals surface area contributed by atoms with Crippen molar-refractivity contribution in [2.75, 3.05) is 33.9 Å². The molecule has 19 heavy (non-hydrogen) atoms. The predicted molar refractivity (Wildman–Crippen MR) is 76.9 cm³/mol. The smallest absolute Gasteiger partial charge is 0.0547 e. The van der Waals surface area contributed by atoms with E-state index < -0.39 is 0 Å². The lowest BCUT2D eigenvalue weighted by Crippen LogP contribution is -2.36. The zero-order chi connectivity index (χ0) is 13.5. The number of aromatic nitrogens is 1. The van der Waals surface area contributed by atoms with Crippen LogP contribution >= 0.6 is 0 Å². The highest BCUT2D eigenvalue weighted by atomic mass is 16.5. The van der Waals surface area contributed by atoms with Crippen molar-refractivity contribution in [2.24, 2.45) is 5.92 Å². The van der Waals surface area contributed by atoms with Gasteiger partial charge in [0.1, 0.15) is 0 Å². The van der Waals surface area contributed by atoms with Crippen LogP contribution < -0.4 is 5.32 Å². The number of piperidine rings is 1. The zero-order valence-electron chi connectivity index (χ0n) is 12.1. The van der Waals surface area contributed by atoms with Gasteiger partial charge >= 0.3 is 0 Å². The van der Waals surface area contributed by atoms with Crippen LogP contribution in [0.3, 0.4) is 0 Å². The molecular formula is C15H25N3O. The first-order valence-corrected chi connectivity index (χ1v) is 7.12. The normalized spacial score (nSPS) is 20.6. The van der Waals surface area contributed by atoms with Gasteiger partial charge in [-0.3, -0.25) is 9.88 Å². The standard InChI is InChI=1S/C15H25N3O/c1-16-9-14-6-3-7-15(17-14)11-18-8-4-5-13(10-18)12-19-2/h3,6-7,13,16H,4-5,8-12H2,1-2H3. The van der Waals surface area contributed by atoms with Crippen molar-refractivity contribution in [3.05, 3.63) is 29.6 Å². The van der Waals surface area contributed by atoms with Crippen molar-refractivity contribution < 1.29 is 4.74 Å². The maximum absolute atomic E-state index is 5.28. The van der Waals surface area contributed by atoms with Gasteiger partial charge in [0.15, 0.2) is 0 Å². The lowest BCUT2D eigenvalue weighted by atomic mass is 9.99. The lowest BCUT2D eigenvalue weighted by Gasteiger charge is -2.32. The van der Waals surface area contributed by atoms with E-state index in [1.165, 1.54) is 25.1 Å².